The average Bonchev–Trinajstić information content (AvgIpc) is 2.91. The van der Waals surface area contributed by atoms with Crippen LogP contribution in [-0.4, -0.2) is 49.4 Å². The number of nitrogens with zero attached hydrogens (tertiary/aromatic N) is 5. The largest absolute Gasteiger partial charge is 0.392 e. The van der Waals surface area contributed by atoms with E-state index in [4.69, 9.17) is 0 Å². The molecule has 1 aromatic carbocycles. The van der Waals surface area contributed by atoms with E-state index in [9.17, 15) is 5.11 Å². The Morgan fingerprint density at radius 3 is 2.81 bits per heavy atom. The van der Waals surface area contributed by atoms with Crippen molar-refractivity contribution >= 4 is 0 Å². The first kappa shape index (κ1) is 14.2. The van der Waals surface area contributed by atoms with Gasteiger partial charge in [0.2, 0.25) is 0 Å². The van der Waals surface area contributed by atoms with Gasteiger partial charge in [-0.1, -0.05) is 37.3 Å². The van der Waals surface area contributed by atoms with Gasteiger partial charge in [-0.25, -0.2) is 4.68 Å². The van der Waals surface area contributed by atoms with Gasteiger partial charge in [0.25, 0.3) is 0 Å². The molecule has 1 fully saturated rings. The number of hydrogen-bond donors (Lipinski definition) is 1. The lowest BCUT2D eigenvalue weighted by atomic mass is 9.96. The molecule has 0 bridgehead atoms. The Morgan fingerprint density at radius 2 is 2.05 bits per heavy atom. The second-order valence-electron chi connectivity index (χ2n) is 5.81. The van der Waals surface area contributed by atoms with Crippen LogP contribution in [0.4, 0.5) is 0 Å². The molecular weight excluding hydrogens is 266 g/mol. The minimum absolute atomic E-state index is 0.253. The highest BCUT2D eigenvalue weighted by molar-refractivity contribution is 5.14. The smallest absolute Gasteiger partial charge is 0.165 e. The van der Waals surface area contributed by atoms with Gasteiger partial charge in [-0.05, 0) is 34.9 Å². The normalized spacial score (nSPS) is 23.3. The van der Waals surface area contributed by atoms with Gasteiger partial charge in [0, 0.05) is 6.54 Å². The molecule has 6 nitrogen and oxygen atoms in total. The first-order valence-electron chi connectivity index (χ1n) is 7.42. The third kappa shape index (κ3) is 3.46. The van der Waals surface area contributed by atoms with Crippen LogP contribution in [0.15, 0.2) is 30.3 Å². The van der Waals surface area contributed by atoms with Gasteiger partial charge < -0.3 is 5.11 Å². The van der Waals surface area contributed by atoms with Crippen LogP contribution in [0.1, 0.15) is 24.7 Å². The van der Waals surface area contributed by atoms with Crippen molar-refractivity contribution in [3.63, 3.8) is 0 Å². The standard InChI is InChI=1S/C15H21N5O/c1-12-7-8-19(10-14(12)21)11-15-16-17-18-20(15)9-13-5-3-2-4-6-13/h2-6,12,14,21H,7-11H2,1H3. The number of aliphatic hydroxyl groups is 1. The Hall–Kier alpha value is -1.79. The lowest BCUT2D eigenvalue weighted by Gasteiger charge is -2.33. The van der Waals surface area contributed by atoms with Crippen LogP contribution in [0, 0.1) is 5.92 Å². The monoisotopic (exact) mass is 287 g/mol. The number of piperidine rings is 1. The fourth-order valence-electron chi connectivity index (χ4n) is 2.67. The fraction of sp³-hybridized carbons (Fsp3) is 0.533. The molecule has 1 saturated heterocycles. The molecule has 0 radical (unpaired) electrons. The van der Waals surface area contributed by atoms with Gasteiger partial charge in [0.15, 0.2) is 5.82 Å². The molecule has 2 aromatic rings. The molecule has 2 atom stereocenters. The van der Waals surface area contributed by atoms with Crippen LogP contribution in [0.2, 0.25) is 0 Å². The minimum Gasteiger partial charge on any atom is -0.392 e. The predicted octanol–water partition coefficient (Wildman–Crippen LogP) is 0.924. The number of aromatic nitrogens is 4. The molecule has 0 aliphatic carbocycles. The van der Waals surface area contributed by atoms with E-state index >= 15 is 0 Å². The van der Waals surface area contributed by atoms with E-state index < -0.39 is 0 Å². The summed E-state index contributed by atoms with van der Waals surface area (Å²) in [6, 6.07) is 10.2. The molecule has 1 aromatic heterocycles. The lowest BCUT2D eigenvalue weighted by Crippen LogP contribution is -2.42. The molecule has 1 aliphatic heterocycles. The SMILES string of the molecule is CC1CCN(Cc2nnnn2Cc2ccccc2)CC1O. The zero-order chi connectivity index (χ0) is 14.7. The molecule has 1 N–H and O–H groups in total. The van der Waals surface area contributed by atoms with Crippen molar-refractivity contribution in [3.05, 3.63) is 41.7 Å². The third-order valence-electron chi connectivity index (χ3n) is 4.15. The first-order valence-corrected chi connectivity index (χ1v) is 7.42. The van der Waals surface area contributed by atoms with Crippen molar-refractivity contribution in [1.82, 2.24) is 25.1 Å². The second-order valence-corrected chi connectivity index (χ2v) is 5.81. The van der Waals surface area contributed by atoms with E-state index in [1.807, 2.05) is 22.9 Å². The summed E-state index contributed by atoms with van der Waals surface area (Å²) in [7, 11) is 0. The maximum atomic E-state index is 9.98. The molecule has 0 spiro atoms. The molecule has 2 heterocycles. The summed E-state index contributed by atoms with van der Waals surface area (Å²) in [4.78, 5) is 2.22. The van der Waals surface area contributed by atoms with Crippen LogP contribution in [-0.2, 0) is 13.1 Å². The molecule has 2 unspecified atom stereocenters. The Morgan fingerprint density at radius 1 is 1.24 bits per heavy atom. The summed E-state index contributed by atoms with van der Waals surface area (Å²) in [5.74, 6) is 1.22. The average molecular weight is 287 g/mol. The van der Waals surface area contributed by atoms with E-state index in [2.05, 4.69) is 39.5 Å². The first-order chi connectivity index (χ1) is 10.2. The molecule has 3 rings (SSSR count). The van der Waals surface area contributed by atoms with E-state index in [-0.39, 0.29) is 6.10 Å². The Balaban J connectivity index is 1.66. The summed E-state index contributed by atoms with van der Waals surface area (Å²) >= 11 is 0. The number of tetrazole rings is 1. The maximum Gasteiger partial charge on any atom is 0.165 e. The van der Waals surface area contributed by atoms with Crippen molar-refractivity contribution < 1.29 is 5.11 Å². The Kier molecular flexibility index (Phi) is 4.26. The van der Waals surface area contributed by atoms with E-state index in [0.717, 1.165) is 18.8 Å². The molecule has 1 aliphatic rings. The van der Waals surface area contributed by atoms with E-state index in [1.54, 1.807) is 0 Å². The van der Waals surface area contributed by atoms with Crippen molar-refractivity contribution in [2.75, 3.05) is 13.1 Å². The van der Waals surface area contributed by atoms with Crippen LogP contribution in [0.3, 0.4) is 0 Å². The molecule has 112 valence electrons. The van der Waals surface area contributed by atoms with Gasteiger partial charge in [0.1, 0.15) is 0 Å². The summed E-state index contributed by atoms with van der Waals surface area (Å²) in [5.41, 5.74) is 1.18. The van der Waals surface area contributed by atoms with Gasteiger partial charge >= 0.3 is 0 Å². The summed E-state index contributed by atoms with van der Waals surface area (Å²) in [6.45, 7) is 5.14. The second kappa shape index (κ2) is 6.32. The Labute approximate surface area is 124 Å². The highest BCUT2D eigenvalue weighted by Crippen LogP contribution is 2.18. The van der Waals surface area contributed by atoms with Crippen molar-refractivity contribution in [2.24, 2.45) is 5.92 Å². The van der Waals surface area contributed by atoms with Crippen LogP contribution in [0.25, 0.3) is 0 Å². The van der Waals surface area contributed by atoms with E-state index in [1.165, 1.54) is 5.56 Å². The number of benzene rings is 1. The lowest BCUT2D eigenvalue weighted by molar-refractivity contribution is 0.0244. The maximum absolute atomic E-state index is 9.98. The highest BCUT2D eigenvalue weighted by Gasteiger charge is 2.25. The third-order valence-corrected chi connectivity index (χ3v) is 4.15. The number of aliphatic hydroxyl groups excluding tert-OH is 1. The summed E-state index contributed by atoms with van der Waals surface area (Å²) in [5, 5.41) is 22.0. The van der Waals surface area contributed by atoms with Crippen molar-refractivity contribution in [3.8, 4) is 0 Å². The zero-order valence-corrected chi connectivity index (χ0v) is 12.3. The molecule has 21 heavy (non-hydrogen) atoms. The minimum atomic E-state index is -0.253. The van der Waals surface area contributed by atoms with Gasteiger partial charge in [-0.2, -0.15) is 0 Å². The summed E-state index contributed by atoms with van der Waals surface area (Å²) < 4.78 is 1.83. The van der Waals surface area contributed by atoms with E-state index in [0.29, 0.717) is 25.6 Å². The number of rotatable bonds is 4. The van der Waals surface area contributed by atoms with Gasteiger partial charge in [0.05, 0.1) is 19.2 Å². The van der Waals surface area contributed by atoms with Gasteiger partial charge in [-0.3, -0.25) is 4.90 Å². The molecular formula is C15H21N5O. The zero-order valence-electron chi connectivity index (χ0n) is 12.3. The summed E-state index contributed by atoms with van der Waals surface area (Å²) in [6.07, 6.45) is 0.763. The van der Waals surface area contributed by atoms with Crippen LogP contribution in [0.5, 0.6) is 0 Å². The number of hydrogen-bond acceptors (Lipinski definition) is 5. The Bertz CT molecular complexity index is 570. The molecule has 6 heteroatoms. The van der Waals surface area contributed by atoms with Crippen molar-refractivity contribution in [2.45, 2.75) is 32.5 Å². The number of β-amino-alcohol motifs (C(OH)–C–C–N with tert-alkyl or cyclic N) is 1. The number of likely N-dealkylation sites (tertiary alicyclic amines) is 1. The van der Waals surface area contributed by atoms with Crippen LogP contribution >= 0.6 is 0 Å². The molecule has 0 amide bonds. The fourth-order valence-corrected chi connectivity index (χ4v) is 2.67. The molecule has 0 saturated carbocycles. The quantitative estimate of drug-likeness (QED) is 0.906. The predicted molar refractivity (Wildman–Crippen MR) is 78.4 cm³/mol. The highest BCUT2D eigenvalue weighted by atomic mass is 16.3. The van der Waals surface area contributed by atoms with Gasteiger partial charge in [-0.15, -0.1) is 5.10 Å². The van der Waals surface area contributed by atoms with Crippen LogP contribution < -0.4 is 0 Å². The van der Waals surface area contributed by atoms with Crippen molar-refractivity contribution in [1.29, 1.82) is 0 Å². The topological polar surface area (TPSA) is 67.1 Å².